The predicted molar refractivity (Wildman–Crippen MR) is 95.2 cm³/mol. The second kappa shape index (κ2) is 8.06. The van der Waals surface area contributed by atoms with Crippen molar-refractivity contribution in [1.82, 2.24) is 14.8 Å². The number of ether oxygens (including phenoxy) is 2. The average molecular weight is 363 g/mol. The van der Waals surface area contributed by atoms with E-state index in [1.165, 1.54) is 19.1 Å². The minimum atomic E-state index is -0.0317. The molecule has 0 aromatic carbocycles. The van der Waals surface area contributed by atoms with Gasteiger partial charge in [0.05, 0.1) is 12.7 Å². The van der Waals surface area contributed by atoms with Crippen LogP contribution < -0.4 is 0 Å². The summed E-state index contributed by atoms with van der Waals surface area (Å²) in [6.45, 7) is 5.42. The number of likely N-dealkylation sites (N-methyl/N-ethyl adjacent to an activating group) is 1. The third-order valence-corrected chi connectivity index (χ3v) is 5.54. The van der Waals surface area contributed by atoms with Crippen LogP contribution in [0.2, 0.25) is 0 Å². The van der Waals surface area contributed by atoms with E-state index in [1.54, 1.807) is 0 Å². The highest BCUT2D eigenvalue weighted by atomic mass is 16.5. The van der Waals surface area contributed by atoms with Crippen LogP contribution >= 0.6 is 0 Å². The Morgan fingerprint density at radius 2 is 2.04 bits per heavy atom. The zero-order valence-corrected chi connectivity index (χ0v) is 15.6. The van der Waals surface area contributed by atoms with Crippen LogP contribution in [0.25, 0.3) is 0 Å². The zero-order valence-electron chi connectivity index (χ0n) is 15.6. The van der Waals surface area contributed by atoms with Crippen molar-refractivity contribution in [3.05, 3.63) is 17.8 Å². The molecule has 0 radical (unpaired) electrons. The second-order valence-electron chi connectivity index (χ2n) is 7.87. The quantitative estimate of drug-likeness (QED) is 0.767. The normalized spacial score (nSPS) is 25.3. The van der Waals surface area contributed by atoms with Crippen molar-refractivity contribution in [2.24, 2.45) is 5.92 Å². The van der Waals surface area contributed by atoms with Gasteiger partial charge in [-0.3, -0.25) is 4.79 Å². The van der Waals surface area contributed by atoms with Gasteiger partial charge in [0, 0.05) is 45.3 Å². The minimum Gasteiger partial charge on any atom is -0.448 e. The SMILES string of the molecule is CN1CCOC(CN(CC2CC2)C(=O)c2coc(C3CCOCC3)n2)C1. The number of carbonyl (C=O) groups excluding carboxylic acids is 1. The summed E-state index contributed by atoms with van der Waals surface area (Å²) in [4.78, 5) is 21.8. The fourth-order valence-corrected chi connectivity index (χ4v) is 3.76. The Labute approximate surface area is 154 Å². The van der Waals surface area contributed by atoms with Crippen LogP contribution in [0, 0.1) is 5.92 Å². The lowest BCUT2D eigenvalue weighted by Crippen LogP contribution is -2.48. The Hall–Kier alpha value is -1.44. The lowest BCUT2D eigenvalue weighted by molar-refractivity contribution is -0.0332. The molecule has 1 aromatic heterocycles. The molecule has 3 aliphatic rings. The van der Waals surface area contributed by atoms with Crippen molar-refractivity contribution in [1.29, 1.82) is 0 Å². The molecule has 7 nitrogen and oxygen atoms in total. The Morgan fingerprint density at radius 1 is 1.23 bits per heavy atom. The summed E-state index contributed by atoms with van der Waals surface area (Å²) in [6, 6.07) is 0. The summed E-state index contributed by atoms with van der Waals surface area (Å²) in [6.07, 6.45) is 5.83. The Kier molecular flexibility index (Phi) is 5.57. The van der Waals surface area contributed by atoms with Crippen LogP contribution in [0.15, 0.2) is 10.7 Å². The van der Waals surface area contributed by atoms with Gasteiger partial charge < -0.3 is 23.7 Å². The summed E-state index contributed by atoms with van der Waals surface area (Å²) < 4.78 is 16.9. The van der Waals surface area contributed by atoms with E-state index in [2.05, 4.69) is 16.9 Å². The molecule has 26 heavy (non-hydrogen) atoms. The van der Waals surface area contributed by atoms with Gasteiger partial charge in [-0.1, -0.05) is 0 Å². The first-order chi connectivity index (χ1) is 12.7. The van der Waals surface area contributed by atoms with Crippen molar-refractivity contribution in [2.45, 2.75) is 37.7 Å². The lowest BCUT2D eigenvalue weighted by atomic mass is 10.0. The van der Waals surface area contributed by atoms with Crippen LogP contribution in [0.4, 0.5) is 0 Å². The standard InChI is InChI=1S/C19H29N3O4/c1-21-6-9-25-16(11-21)12-22(10-14-2-3-14)19(23)17-13-26-18(20-17)15-4-7-24-8-5-15/h13-16H,2-12H2,1H3. The first-order valence-electron chi connectivity index (χ1n) is 9.81. The molecule has 7 heteroatoms. The van der Waals surface area contributed by atoms with Crippen LogP contribution in [0.3, 0.4) is 0 Å². The maximum atomic E-state index is 13.1. The summed E-state index contributed by atoms with van der Waals surface area (Å²) in [5, 5.41) is 0. The van der Waals surface area contributed by atoms with Gasteiger partial charge in [0.25, 0.3) is 5.91 Å². The van der Waals surface area contributed by atoms with E-state index in [9.17, 15) is 4.79 Å². The molecule has 1 atom stereocenters. The van der Waals surface area contributed by atoms with Crippen molar-refractivity contribution >= 4 is 5.91 Å². The maximum Gasteiger partial charge on any atom is 0.275 e. The van der Waals surface area contributed by atoms with E-state index in [1.807, 2.05) is 4.90 Å². The Balaban J connectivity index is 1.42. The molecule has 4 rings (SSSR count). The molecule has 0 bridgehead atoms. The number of amides is 1. The fraction of sp³-hybridized carbons (Fsp3) is 0.789. The zero-order chi connectivity index (χ0) is 17.9. The lowest BCUT2D eigenvalue weighted by Gasteiger charge is -2.33. The van der Waals surface area contributed by atoms with Gasteiger partial charge in [-0.15, -0.1) is 0 Å². The van der Waals surface area contributed by atoms with Crippen LogP contribution in [-0.2, 0) is 9.47 Å². The molecule has 1 saturated carbocycles. The van der Waals surface area contributed by atoms with E-state index >= 15 is 0 Å². The molecule has 2 saturated heterocycles. The smallest absolute Gasteiger partial charge is 0.275 e. The number of hydrogen-bond donors (Lipinski definition) is 0. The maximum absolute atomic E-state index is 13.1. The van der Waals surface area contributed by atoms with Crippen LogP contribution in [0.5, 0.6) is 0 Å². The number of hydrogen-bond acceptors (Lipinski definition) is 6. The molecular weight excluding hydrogens is 334 g/mol. The van der Waals surface area contributed by atoms with Gasteiger partial charge in [0.15, 0.2) is 11.6 Å². The number of morpholine rings is 1. The Bertz CT molecular complexity index is 610. The molecule has 1 amide bonds. The van der Waals surface area contributed by atoms with Gasteiger partial charge in [-0.2, -0.15) is 0 Å². The van der Waals surface area contributed by atoms with E-state index in [-0.39, 0.29) is 17.9 Å². The molecule has 1 unspecified atom stereocenters. The van der Waals surface area contributed by atoms with Gasteiger partial charge in [0.2, 0.25) is 0 Å². The van der Waals surface area contributed by atoms with Gasteiger partial charge in [0.1, 0.15) is 6.26 Å². The summed E-state index contributed by atoms with van der Waals surface area (Å²) in [5.41, 5.74) is 0.427. The average Bonchev–Trinajstić information content (AvgIpc) is 3.33. The summed E-state index contributed by atoms with van der Waals surface area (Å²) in [7, 11) is 2.10. The van der Waals surface area contributed by atoms with Crippen molar-refractivity contribution in [3.63, 3.8) is 0 Å². The molecule has 144 valence electrons. The molecule has 0 N–H and O–H groups in total. The van der Waals surface area contributed by atoms with Crippen molar-refractivity contribution in [3.8, 4) is 0 Å². The Morgan fingerprint density at radius 3 is 2.77 bits per heavy atom. The molecule has 1 aliphatic carbocycles. The number of aromatic nitrogens is 1. The number of rotatable bonds is 6. The topological polar surface area (TPSA) is 68.0 Å². The van der Waals surface area contributed by atoms with Gasteiger partial charge in [-0.25, -0.2) is 4.98 Å². The molecular formula is C19H29N3O4. The van der Waals surface area contributed by atoms with Crippen molar-refractivity contribution < 1.29 is 18.7 Å². The molecule has 2 aliphatic heterocycles. The number of carbonyl (C=O) groups is 1. The largest absolute Gasteiger partial charge is 0.448 e. The van der Waals surface area contributed by atoms with E-state index in [4.69, 9.17) is 13.9 Å². The third-order valence-electron chi connectivity index (χ3n) is 5.54. The molecule has 1 aromatic rings. The van der Waals surface area contributed by atoms with Gasteiger partial charge in [-0.05, 0) is 38.6 Å². The predicted octanol–water partition coefficient (Wildman–Crippen LogP) is 1.75. The molecule has 3 heterocycles. The first-order valence-corrected chi connectivity index (χ1v) is 9.81. The van der Waals surface area contributed by atoms with Crippen LogP contribution in [-0.4, -0.2) is 79.8 Å². The minimum absolute atomic E-state index is 0.0317. The monoisotopic (exact) mass is 363 g/mol. The van der Waals surface area contributed by atoms with E-state index in [0.717, 1.165) is 52.3 Å². The molecule has 3 fully saturated rings. The van der Waals surface area contributed by atoms with Crippen LogP contribution in [0.1, 0.15) is 48.0 Å². The highest BCUT2D eigenvalue weighted by molar-refractivity contribution is 5.92. The number of nitrogens with zero attached hydrogens (tertiary/aromatic N) is 3. The first kappa shape index (κ1) is 17.9. The van der Waals surface area contributed by atoms with Crippen molar-refractivity contribution in [2.75, 3.05) is 53.0 Å². The molecule has 0 spiro atoms. The highest BCUT2D eigenvalue weighted by Crippen LogP contribution is 2.31. The summed E-state index contributed by atoms with van der Waals surface area (Å²) >= 11 is 0. The van der Waals surface area contributed by atoms with Gasteiger partial charge >= 0.3 is 0 Å². The fourth-order valence-electron chi connectivity index (χ4n) is 3.76. The third kappa shape index (κ3) is 4.45. The summed E-state index contributed by atoms with van der Waals surface area (Å²) in [5.74, 6) is 1.53. The van der Waals surface area contributed by atoms with E-state index < -0.39 is 0 Å². The second-order valence-corrected chi connectivity index (χ2v) is 7.87. The number of oxazole rings is 1. The van der Waals surface area contributed by atoms with E-state index in [0.29, 0.717) is 24.0 Å². The highest BCUT2D eigenvalue weighted by Gasteiger charge is 2.32.